The van der Waals surface area contributed by atoms with Crippen LogP contribution in [0.5, 0.6) is 23.0 Å². The molecule has 0 radical (unpaired) electrons. The van der Waals surface area contributed by atoms with Crippen LogP contribution in [0.3, 0.4) is 0 Å². The summed E-state index contributed by atoms with van der Waals surface area (Å²) in [5.41, 5.74) is 3.90. The summed E-state index contributed by atoms with van der Waals surface area (Å²) < 4.78 is 24.1. The SMILES string of the molecule is COc1ccc(CCNC(=O)Cc2cc(OCc3ccccc3)ccc2Br)c(OCc2ccccc2)c1OC. The number of halogens is 1. The lowest BCUT2D eigenvalue weighted by Crippen LogP contribution is -2.27. The highest BCUT2D eigenvalue weighted by molar-refractivity contribution is 9.10. The lowest BCUT2D eigenvalue weighted by Gasteiger charge is -2.18. The summed E-state index contributed by atoms with van der Waals surface area (Å²) in [5.74, 6) is 2.38. The molecule has 0 atom stereocenters. The van der Waals surface area contributed by atoms with Gasteiger partial charge in [0, 0.05) is 16.6 Å². The summed E-state index contributed by atoms with van der Waals surface area (Å²) in [5, 5.41) is 3.02. The predicted molar refractivity (Wildman–Crippen MR) is 156 cm³/mol. The molecule has 1 N–H and O–H groups in total. The fourth-order valence-electron chi connectivity index (χ4n) is 4.11. The Morgan fingerprint density at radius 2 is 1.41 bits per heavy atom. The molecule has 0 fully saturated rings. The van der Waals surface area contributed by atoms with Gasteiger partial charge in [-0.05, 0) is 47.4 Å². The van der Waals surface area contributed by atoms with Gasteiger partial charge in [0.1, 0.15) is 19.0 Å². The molecule has 0 unspecified atom stereocenters. The maximum Gasteiger partial charge on any atom is 0.224 e. The van der Waals surface area contributed by atoms with E-state index in [1.807, 2.05) is 91.0 Å². The van der Waals surface area contributed by atoms with Crippen LogP contribution < -0.4 is 24.3 Å². The summed E-state index contributed by atoms with van der Waals surface area (Å²) in [7, 11) is 3.19. The number of ether oxygens (including phenoxy) is 4. The van der Waals surface area contributed by atoms with Crippen LogP contribution in [0.2, 0.25) is 0 Å². The van der Waals surface area contributed by atoms with E-state index < -0.39 is 0 Å². The average Bonchev–Trinajstić information content (AvgIpc) is 2.97. The maximum atomic E-state index is 12.8. The fourth-order valence-corrected chi connectivity index (χ4v) is 4.50. The van der Waals surface area contributed by atoms with Crippen molar-refractivity contribution in [2.75, 3.05) is 20.8 Å². The van der Waals surface area contributed by atoms with E-state index >= 15 is 0 Å². The summed E-state index contributed by atoms with van der Waals surface area (Å²) in [6.45, 7) is 1.30. The molecule has 0 aliphatic carbocycles. The maximum absolute atomic E-state index is 12.8. The van der Waals surface area contributed by atoms with Crippen molar-refractivity contribution in [3.8, 4) is 23.0 Å². The molecule has 0 saturated carbocycles. The summed E-state index contributed by atoms with van der Waals surface area (Å²) in [4.78, 5) is 12.8. The van der Waals surface area contributed by atoms with Gasteiger partial charge in [0.2, 0.25) is 11.7 Å². The lowest BCUT2D eigenvalue weighted by atomic mass is 10.1. The van der Waals surface area contributed by atoms with Gasteiger partial charge in [-0.2, -0.15) is 0 Å². The Labute approximate surface area is 238 Å². The number of nitrogens with one attached hydrogen (secondary N) is 1. The normalized spacial score (nSPS) is 10.5. The zero-order valence-corrected chi connectivity index (χ0v) is 23.7. The van der Waals surface area contributed by atoms with E-state index in [4.69, 9.17) is 18.9 Å². The average molecular weight is 591 g/mol. The molecular formula is C32H32BrNO5. The largest absolute Gasteiger partial charge is 0.493 e. The van der Waals surface area contributed by atoms with Crippen LogP contribution in [-0.4, -0.2) is 26.7 Å². The van der Waals surface area contributed by atoms with Gasteiger partial charge in [-0.1, -0.05) is 82.7 Å². The van der Waals surface area contributed by atoms with Gasteiger partial charge in [0.15, 0.2) is 11.5 Å². The van der Waals surface area contributed by atoms with Crippen molar-refractivity contribution in [2.24, 2.45) is 0 Å². The minimum atomic E-state index is -0.0804. The summed E-state index contributed by atoms with van der Waals surface area (Å²) in [6.07, 6.45) is 0.796. The second-order valence-electron chi connectivity index (χ2n) is 8.87. The lowest BCUT2D eigenvalue weighted by molar-refractivity contribution is -0.120. The molecule has 4 aromatic carbocycles. The first-order chi connectivity index (χ1) is 19.1. The van der Waals surface area contributed by atoms with E-state index in [-0.39, 0.29) is 12.3 Å². The van der Waals surface area contributed by atoms with Crippen molar-refractivity contribution in [3.05, 3.63) is 118 Å². The Morgan fingerprint density at radius 3 is 2.05 bits per heavy atom. The van der Waals surface area contributed by atoms with E-state index in [2.05, 4.69) is 21.2 Å². The van der Waals surface area contributed by atoms with E-state index in [1.165, 1.54) is 0 Å². The number of carbonyl (C=O) groups excluding carboxylic acids is 1. The first-order valence-electron chi connectivity index (χ1n) is 12.7. The van der Waals surface area contributed by atoms with Crippen molar-refractivity contribution in [2.45, 2.75) is 26.1 Å². The number of methoxy groups -OCH3 is 2. The highest BCUT2D eigenvalue weighted by Crippen LogP contribution is 2.40. The third kappa shape index (κ3) is 8.01. The Kier molecular flexibility index (Phi) is 10.3. The standard InChI is InChI=1S/C32H32BrNO5/c1-36-29-16-13-25(31(32(29)37-2)39-22-24-11-7-4-8-12-24)17-18-34-30(35)20-26-19-27(14-15-28(26)33)38-21-23-9-5-3-6-10-23/h3-16,19H,17-18,20-22H2,1-2H3,(H,34,35). The van der Waals surface area contributed by atoms with Crippen LogP contribution in [0.1, 0.15) is 22.3 Å². The molecule has 0 spiro atoms. The Hall–Kier alpha value is -3.97. The Balaban J connectivity index is 1.36. The van der Waals surface area contributed by atoms with E-state index in [9.17, 15) is 4.79 Å². The fraction of sp³-hybridized carbons (Fsp3) is 0.219. The zero-order valence-electron chi connectivity index (χ0n) is 22.1. The van der Waals surface area contributed by atoms with Gasteiger partial charge in [-0.25, -0.2) is 0 Å². The molecule has 0 heterocycles. The van der Waals surface area contributed by atoms with Crippen molar-refractivity contribution in [1.29, 1.82) is 0 Å². The zero-order chi connectivity index (χ0) is 27.5. The molecule has 0 aromatic heterocycles. The molecule has 6 nitrogen and oxygen atoms in total. The monoisotopic (exact) mass is 589 g/mol. The molecule has 4 aromatic rings. The van der Waals surface area contributed by atoms with Gasteiger partial charge >= 0.3 is 0 Å². The molecule has 1 amide bonds. The van der Waals surface area contributed by atoms with Crippen LogP contribution in [-0.2, 0) is 30.8 Å². The van der Waals surface area contributed by atoms with E-state index in [0.717, 1.165) is 32.5 Å². The first kappa shape index (κ1) is 28.0. The molecule has 39 heavy (non-hydrogen) atoms. The molecular weight excluding hydrogens is 558 g/mol. The highest BCUT2D eigenvalue weighted by Gasteiger charge is 2.17. The number of hydrogen-bond acceptors (Lipinski definition) is 5. The van der Waals surface area contributed by atoms with Gasteiger partial charge in [-0.15, -0.1) is 0 Å². The summed E-state index contributed by atoms with van der Waals surface area (Å²) in [6, 6.07) is 29.4. The van der Waals surface area contributed by atoms with Crippen LogP contribution in [0.15, 0.2) is 95.5 Å². The number of amides is 1. The van der Waals surface area contributed by atoms with Crippen LogP contribution in [0.25, 0.3) is 0 Å². The van der Waals surface area contributed by atoms with Crippen molar-refractivity contribution >= 4 is 21.8 Å². The molecule has 0 saturated heterocycles. The van der Waals surface area contributed by atoms with E-state index in [0.29, 0.717) is 43.4 Å². The Bertz CT molecular complexity index is 1360. The molecule has 202 valence electrons. The number of benzene rings is 4. The third-order valence-corrected chi connectivity index (χ3v) is 6.91. The minimum Gasteiger partial charge on any atom is -0.493 e. The van der Waals surface area contributed by atoms with Gasteiger partial charge in [-0.3, -0.25) is 4.79 Å². The third-order valence-electron chi connectivity index (χ3n) is 6.14. The highest BCUT2D eigenvalue weighted by atomic mass is 79.9. The number of hydrogen-bond donors (Lipinski definition) is 1. The van der Waals surface area contributed by atoms with Crippen LogP contribution in [0.4, 0.5) is 0 Å². The smallest absolute Gasteiger partial charge is 0.224 e. The minimum absolute atomic E-state index is 0.0804. The first-order valence-corrected chi connectivity index (χ1v) is 13.5. The second kappa shape index (κ2) is 14.3. The summed E-state index contributed by atoms with van der Waals surface area (Å²) >= 11 is 3.56. The van der Waals surface area contributed by atoms with Crippen LogP contribution in [0, 0.1) is 0 Å². The quantitative estimate of drug-likeness (QED) is 0.192. The Morgan fingerprint density at radius 1 is 0.744 bits per heavy atom. The van der Waals surface area contributed by atoms with Crippen molar-refractivity contribution in [1.82, 2.24) is 5.32 Å². The molecule has 7 heteroatoms. The van der Waals surface area contributed by atoms with Gasteiger partial charge in [0.25, 0.3) is 0 Å². The van der Waals surface area contributed by atoms with Crippen LogP contribution >= 0.6 is 15.9 Å². The van der Waals surface area contributed by atoms with E-state index in [1.54, 1.807) is 14.2 Å². The molecule has 0 aliphatic heterocycles. The van der Waals surface area contributed by atoms with Crippen molar-refractivity contribution < 1.29 is 23.7 Å². The molecule has 0 aliphatic rings. The van der Waals surface area contributed by atoms with Gasteiger partial charge in [0.05, 0.1) is 20.6 Å². The molecule has 0 bridgehead atoms. The number of rotatable bonds is 13. The molecule has 4 rings (SSSR count). The van der Waals surface area contributed by atoms with Crippen molar-refractivity contribution in [3.63, 3.8) is 0 Å². The predicted octanol–water partition coefficient (Wildman–Crippen LogP) is 6.53. The number of carbonyl (C=O) groups is 1. The van der Waals surface area contributed by atoms with Gasteiger partial charge < -0.3 is 24.3 Å². The topological polar surface area (TPSA) is 66.0 Å². The second-order valence-corrected chi connectivity index (χ2v) is 9.72.